The number of carbonyl (C=O) groups is 1. The molecule has 0 aliphatic rings. The summed E-state index contributed by atoms with van der Waals surface area (Å²) in [5.41, 5.74) is 0. The van der Waals surface area contributed by atoms with Crippen molar-refractivity contribution >= 4 is 5.97 Å². The van der Waals surface area contributed by atoms with Gasteiger partial charge < -0.3 is 5.11 Å². The first-order valence-corrected chi connectivity index (χ1v) is 7.90. The first kappa shape index (κ1) is 12.7. The zero-order valence-corrected chi connectivity index (χ0v) is 12.8. The van der Waals surface area contributed by atoms with E-state index in [4.69, 9.17) is 10.6 Å². The van der Waals surface area contributed by atoms with Crippen LogP contribution in [0.25, 0.3) is 0 Å². The van der Waals surface area contributed by atoms with E-state index in [9.17, 15) is 4.79 Å². The molecule has 0 aromatic rings. The molecule has 0 atom stereocenters. The largest absolute Gasteiger partial charge is 0.481 e. The van der Waals surface area contributed by atoms with E-state index in [0.29, 0.717) is 25.3 Å². The summed E-state index contributed by atoms with van der Waals surface area (Å²) >= 11 is 0. The van der Waals surface area contributed by atoms with Crippen LogP contribution in [-0.2, 0) is 4.79 Å². The predicted molar refractivity (Wildman–Crippen MR) is 87.0 cm³/mol. The van der Waals surface area contributed by atoms with Crippen LogP contribution in [0, 0.1) is 0 Å². The third-order valence-corrected chi connectivity index (χ3v) is 3.02. The van der Waals surface area contributed by atoms with Crippen molar-refractivity contribution in [3.05, 3.63) is 24.2 Å². The molecule has 116 valence electrons. The molecule has 0 bridgehead atoms. The Morgan fingerprint density at radius 2 is 1.45 bits per heavy atom. The van der Waals surface area contributed by atoms with E-state index in [1.165, 1.54) is 0 Å². The molecule has 0 unspecified atom stereocenters. The monoisotopic (exact) mass is 284 g/mol. The fraction of sp³-hybridized carbons (Fsp3) is 0.722. The van der Waals surface area contributed by atoms with Gasteiger partial charge in [0.25, 0.3) is 0 Å². The first-order chi connectivity index (χ1) is 11.4. The second-order valence-corrected chi connectivity index (χ2v) is 5.00. The van der Waals surface area contributed by atoms with Gasteiger partial charge in [-0.05, 0) is 38.5 Å². The van der Waals surface area contributed by atoms with Crippen LogP contribution < -0.4 is 0 Å². The Bertz CT molecular complexity index is 431. The van der Waals surface area contributed by atoms with Gasteiger partial charge in [-0.15, -0.1) is 0 Å². The van der Waals surface area contributed by atoms with Gasteiger partial charge >= 0.3 is 5.97 Å². The summed E-state index contributed by atoms with van der Waals surface area (Å²) in [6, 6.07) is 0.853. The zero-order valence-electron chi connectivity index (χ0n) is 16.8. The second-order valence-electron chi connectivity index (χ2n) is 5.00. The van der Waals surface area contributed by atoms with Gasteiger partial charge in [-0.2, -0.15) is 0 Å². The Kier molecular flexibility index (Phi) is 10.1. The average molecular weight is 284 g/mol. The van der Waals surface area contributed by atoms with E-state index in [0.717, 1.165) is 44.9 Å². The number of hydrogen-bond acceptors (Lipinski definition) is 1. The van der Waals surface area contributed by atoms with Crippen LogP contribution in [-0.4, -0.2) is 11.1 Å². The standard InChI is InChI=1S/C18H32O2/c1-2-3-4-5-6-7-8-9-10-11-12-13-14-15-16-17-18(19)20/h6-7,9-10H,2-5,8,11-17H2,1H3,(H,19,20)/b7-6+,10-9-/i6D,7D,9D,10D. The van der Waals surface area contributed by atoms with Crippen LogP contribution >= 0.6 is 0 Å². The predicted octanol–water partition coefficient (Wildman–Crippen LogP) is 5.88. The maximum Gasteiger partial charge on any atom is 0.303 e. The van der Waals surface area contributed by atoms with Gasteiger partial charge in [-0.25, -0.2) is 0 Å². The Balaban J connectivity index is 4.05. The fourth-order valence-electron chi connectivity index (χ4n) is 1.83. The Hall–Kier alpha value is -1.05. The van der Waals surface area contributed by atoms with Crippen molar-refractivity contribution in [2.45, 2.75) is 84.0 Å². The molecule has 0 amide bonds. The molecule has 0 aliphatic heterocycles. The summed E-state index contributed by atoms with van der Waals surface area (Å²) < 4.78 is 31.5. The molecule has 20 heavy (non-hydrogen) atoms. The Morgan fingerprint density at radius 3 is 2.05 bits per heavy atom. The molecule has 1 N–H and O–H groups in total. The third-order valence-electron chi connectivity index (χ3n) is 3.02. The molecule has 0 aromatic carbocycles. The van der Waals surface area contributed by atoms with Gasteiger partial charge in [0.1, 0.15) is 0 Å². The number of rotatable bonds is 14. The van der Waals surface area contributed by atoms with Gasteiger partial charge in [0.15, 0.2) is 0 Å². The normalized spacial score (nSPS) is 16.4. The van der Waals surface area contributed by atoms with E-state index < -0.39 is 5.97 Å². The van der Waals surface area contributed by atoms with E-state index in [1.54, 1.807) is 0 Å². The summed E-state index contributed by atoms with van der Waals surface area (Å²) in [6.45, 7) is 2.10. The Labute approximate surface area is 130 Å². The van der Waals surface area contributed by atoms with E-state index in [1.807, 2.05) is 0 Å². The van der Waals surface area contributed by atoms with Gasteiger partial charge in [-0.1, -0.05) is 63.2 Å². The van der Waals surface area contributed by atoms with Crippen molar-refractivity contribution in [3.63, 3.8) is 0 Å². The maximum absolute atomic E-state index is 10.4. The van der Waals surface area contributed by atoms with Crippen LogP contribution in [0.1, 0.15) is 89.5 Å². The fourth-order valence-corrected chi connectivity index (χ4v) is 1.83. The smallest absolute Gasteiger partial charge is 0.303 e. The molecular weight excluding hydrogens is 248 g/mol. The molecule has 2 heteroatoms. The number of allylic oxidation sites excluding steroid dienone is 4. The first-order valence-electron chi connectivity index (χ1n) is 9.90. The highest BCUT2D eigenvalue weighted by Crippen LogP contribution is 2.08. The van der Waals surface area contributed by atoms with Gasteiger partial charge in [-0.3, -0.25) is 4.79 Å². The molecule has 0 spiro atoms. The van der Waals surface area contributed by atoms with Crippen molar-refractivity contribution in [2.75, 3.05) is 0 Å². The number of hydrogen-bond donors (Lipinski definition) is 1. The lowest BCUT2D eigenvalue weighted by Crippen LogP contribution is -1.93. The topological polar surface area (TPSA) is 37.3 Å². The molecule has 0 heterocycles. The SMILES string of the molecule is [2H]/C(CCCCCCCC(=O)O)=C(\[2H])C/C([2H])=C(\[2H])CCCCC. The van der Waals surface area contributed by atoms with Crippen molar-refractivity contribution in [3.8, 4) is 0 Å². The van der Waals surface area contributed by atoms with Crippen molar-refractivity contribution in [1.82, 2.24) is 0 Å². The quantitative estimate of drug-likeness (QED) is 0.319. The molecule has 0 aromatic heterocycles. The van der Waals surface area contributed by atoms with E-state index >= 15 is 0 Å². The second kappa shape index (κ2) is 16.0. The molecule has 0 saturated heterocycles. The van der Waals surface area contributed by atoms with Gasteiger partial charge in [0.2, 0.25) is 0 Å². The Morgan fingerprint density at radius 1 is 0.900 bits per heavy atom. The third kappa shape index (κ3) is 16.9. The molecule has 0 rings (SSSR count). The van der Waals surface area contributed by atoms with Crippen molar-refractivity contribution in [1.29, 1.82) is 0 Å². The molecule has 0 fully saturated rings. The number of unbranched alkanes of at least 4 members (excludes halogenated alkanes) is 6. The number of carboxylic acids is 1. The van der Waals surface area contributed by atoms with Crippen LogP contribution in [0.4, 0.5) is 0 Å². The van der Waals surface area contributed by atoms with Crippen LogP contribution in [0.5, 0.6) is 0 Å². The summed E-state index contributed by atoms with van der Waals surface area (Å²) in [6.07, 6.45) is 8.72. The molecule has 0 aliphatic carbocycles. The minimum atomic E-state index is -0.757. The molecule has 0 saturated carbocycles. The summed E-state index contributed by atoms with van der Waals surface area (Å²) in [5.74, 6) is -0.757. The number of aliphatic carboxylic acids is 1. The molecule has 2 nitrogen and oxygen atoms in total. The van der Waals surface area contributed by atoms with E-state index in [2.05, 4.69) is 6.92 Å². The van der Waals surface area contributed by atoms with Gasteiger partial charge in [0.05, 0.1) is 5.48 Å². The summed E-state index contributed by atoms with van der Waals surface area (Å²) in [5, 5.41) is 8.54. The van der Waals surface area contributed by atoms with Crippen molar-refractivity contribution < 1.29 is 15.4 Å². The minimum absolute atomic E-state index is 0.0857. The lowest BCUT2D eigenvalue weighted by atomic mass is 10.1. The minimum Gasteiger partial charge on any atom is -0.481 e. The highest BCUT2D eigenvalue weighted by Gasteiger charge is 1.95. The zero-order chi connectivity index (χ0) is 18.4. The lowest BCUT2D eigenvalue weighted by Gasteiger charge is -1.98. The average Bonchev–Trinajstić information content (AvgIpc) is 2.53. The summed E-state index contributed by atoms with van der Waals surface area (Å²) in [4.78, 5) is 10.4. The molecular formula is C18H32O2. The van der Waals surface area contributed by atoms with Gasteiger partial charge in [0, 0.05) is 6.42 Å². The van der Waals surface area contributed by atoms with E-state index in [-0.39, 0.29) is 31.0 Å². The van der Waals surface area contributed by atoms with Crippen LogP contribution in [0.15, 0.2) is 24.2 Å². The number of carboxylic acid groups (broad SMARTS) is 1. The maximum atomic E-state index is 10.4. The van der Waals surface area contributed by atoms with Crippen LogP contribution in [0.2, 0.25) is 0 Å². The highest BCUT2D eigenvalue weighted by molar-refractivity contribution is 5.66. The lowest BCUT2D eigenvalue weighted by molar-refractivity contribution is -0.137. The van der Waals surface area contributed by atoms with Crippen LogP contribution in [0.3, 0.4) is 0 Å². The summed E-state index contributed by atoms with van der Waals surface area (Å²) in [7, 11) is 0. The molecule has 0 radical (unpaired) electrons. The highest BCUT2D eigenvalue weighted by atomic mass is 16.4. The van der Waals surface area contributed by atoms with Crippen molar-refractivity contribution in [2.24, 2.45) is 0 Å².